The fourth-order valence-electron chi connectivity index (χ4n) is 9.44. The lowest BCUT2D eigenvalue weighted by Crippen LogP contribution is -2.29. The molecule has 7 aromatic carbocycles. The first-order chi connectivity index (χ1) is 28.3. The molecule has 0 N–H and O–H groups in total. The molecule has 1 aliphatic heterocycles. The number of rotatable bonds is 5. The third-order valence-corrected chi connectivity index (χ3v) is 12.0. The summed E-state index contributed by atoms with van der Waals surface area (Å²) >= 11 is 0. The van der Waals surface area contributed by atoms with Gasteiger partial charge in [0.05, 0.1) is 28.5 Å². The molecule has 2 unspecified atom stereocenters. The maximum absolute atomic E-state index is 6.44. The van der Waals surface area contributed by atoms with Crippen LogP contribution in [0.4, 0.5) is 11.4 Å². The third-order valence-electron chi connectivity index (χ3n) is 12.0. The second-order valence-electron chi connectivity index (χ2n) is 15.1. The molecule has 0 saturated heterocycles. The van der Waals surface area contributed by atoms with Crippen LogP contribution in [0.15, 0.2) is 205 Å². The maximum atomic E-state index is 6.44. The van der Waals surface area contributed by atoms with Gasteiger partial charge < -0.3 is 13.9 Å². The van der Waals surface area contributed by atoms with E-state index in [0.29, 0.717) is 0 Å². The van der Waals surface area contributed by atoms with Gasteiger partial charge in [-0.15, -0.1) is 0 Å². The second kappa shape index (κ2) is 12.6. The highest BCUT2D eigenvalue weighted by molar-refractivity contribution is 6.11. The monoisotopic (exact) mass is 729 g/mol. The zero-order chi connectivity index (χ0) is 37.5. The van der Waals surface area contributed by atoms with Gasteiger partial charge in [-0.3, -0.25) is 4.98 Å². The Bertz CT molecular complexity index is 3220. The van der Waals surface area contributed by atoms with Crippen molar-refractivity contribution >= 4 is 55.1 Å². The molecule has 4 heteroatoms. The Morgan fingerprint density at radius 2 is 1.14 bits per heavy atom. The van der Waals surface area contributed by atoms with Crippen LogP contribution in [0.1, 0.15) is 11.5 Å². The van der Waals surface area contributed by atoms with E-state index in [4.69, 9.17) is 9.40 Å². The molecule has 0 saturated carbocycles. The summed E-state index contributed by atoms with van der Waals surface area (Å²) in [7, 11) is 0. The van der Waals surface area contributed by atoms with Crippen LogP contribution in [0.2, 0.25) is 0 Å². The molecule has 10 aromatic rings. The molecule has 268 valence electrons. The number of pyridine rings is 1. The number of allylic oxidation sites excluding steroid dienone is 2. The zero-order valence-corrected chi connectivity index (χ0v) is 31.0. The Balaban J connectivity index is 0.974. The van der Waals surface area contributed by atoms with Gasteiger partial charge in [-0.1, -0.05) is 127 Å². The number of furan rings is 1. The van der Waals surface area contributed by atoms with E-state index in [-0.39, 0.29) is 12.0 Å². The molecule has 4 nitrogen and oxygen atoms in total. The van der Waals surface area contributed by atoms with Crippen molar-refractivity contribution in [3.8, 4) is 39.2 Å². The number of benzene rings is 7. The van der Waals surface area contributed by atoms with Gasteiger partial charge in [0.1, 0.15) is 11.2 Å². The quantitative estimate of drug-likeness (QED) is 0.177. The Hall–Kier alpha value is -7.43. The second-order valence-corrected chi connectivity index (χ2v) is 15.1. The van der Waals surface area contributed by atoms with Crippen LogP contribution in [0.25, 0.3) is 82.9 Å². The van der Waals surface area contributed by atoms with Gasteiger partial charge in [0.2, 0.25) is 0 Å². The minimum absolute atomic E-state index is 0.143. The van der Waals surface area contributed by atoms with Crippen LogP contribution in [0.3, 0.4) is 0 Å². The van der Waals surface area contributed by atoms with Gasteiger partial charge in [0.25, 0.3) is 0 Å². The van der Waals surface area contributed by atoms with Crippen molar-refractivity contribution < 1.29 is 4.42 Å². The first-order valence-electron chi connectivity index (χ1n) is 19.6. The SMILES string of the molecule is C1=CC2c3cc(-c4ccc5oc6ccc(-n7c8ccccc8c8ccccc87)cc6c5c4)ccc3N(c3ccccc3-c3ncccc3-c3ccccc3)C2C=C1. The van der Waals surface area contributed by atoms with Crippen molar-refractivity contribution in [1.29, 1.82) is 0 Å². The predicted molar refractivity (Wildman–Crippen MR) is 236 cm³/mol. The summed E-state index contributed by atoms with van der Waals surface area (Å²) in [5, 5.41) is 4.74. The number of anilines is 2. The van der Waals surface area contributed by atoms with Crippen molar-refractivity contribution in [1.82, 2.24) is 9.55 Å². The molecule has 57 heavy (non-hydrogen) atoms. The normalized spacial score (nSPS) is 15.9. The van der Waals surface area contributed by atoms with Gasteiger partial charge in [0, 0.05) is 56.2 Å². The molecule has 0 fully saturated rings. The average molecular weight is 730 g/mol. The highest BCUT2D eigenvalue weighted by atomic mass is 16.3. The summed E-state index contributed by atoms with van der Waals surface area (Å²) in [6.45, 7) is 0. The van der Waals surface area contributed by atoms with Crippen molar-refractivity contribution in [2.75, 3.05) is 4.90 Å². The van der Waals surface area contributed by atoms with E-state index in [1.54, 1.807) is 0 Å². The van der Waals surface area contributed by atoms with Crippen LogP contribution < -0.4 is 4.90 Å². The lowest BCUT2D eigenvalue weighted by Gasteiger charge is -2.30. The molecular weight excluding hydrogens is 695 g/mol. The number of fused-ring (bicyclic) bond motifs is 9. The third kappa shape index (κ3) is 4.90. The van der Waals surface area contributed by atoms with Crippen LogP contribution in [-0.2, 0) is 0 Å². The number of hydrogen-bond donors (Lipinski definition) is 0. The average Bonchev–Trinajstić information content (AvgIpc) is 3.93. The lowest BCUT2D eigenvalue weighted by molar-refractivity contribution is 0.669. The molecule has 0 spiro atoms. The smallest absolute Gasteiger partial charge is 0.135 e. The summed E-state index contributed by atoms with van der Waals surface area (Å²) in [4.78, 5) is 7.51. The van der Waals surface area contributed by atoms with E-state index >= 15 is 0 Å². The molecule has 3 aromatic heterocycles. The van der Waals surface area contributed by atoms with Gasteiger partial charge in [-0.2, -0.15) is 0 Å². The summed E-state index contributed by atoms with van der Waals surface area (Å²) in [6.07, 6.45) is 11.0. The molecule has 0 amide bonds. The van der Waals surface area contributed by atoms with E-state index in [1.165, 1.54) is 44.2 Å². The van der Waals surface area contributed by atoms with Crippen LogP contribution in [-0.4, -0.2) is 15.6 Å². The predicted octanol–water partition coefficient (Wildman–Crippen LogP) is 13.8. The van der Waals surface area contributed by atoms with Gasteiger partial charge in [0.15, 0.2) is 0 Å². The fourth-order valence-corrected chi connectivity index (χ4v) is 9.44. The van der Waals surface area contributed by atoms with Crippen molar-refractivity contribution in [3.05, 3.63) is 206 Å². The highest BCUT2D eigenvalue weighted by Crippen LogP contribution is 2.51. The fraction of sp³-hybridized carbons (Fsp3) is 0.0377. The molecule has 12 rings (SSSR count). The Morgan fingerprint density at radius 3 is 1.98 bits per heavy atom. The molecule has 2 aliphatic rings. The van der Waals surface area contributed by atoms with Crippen molar-refractivity contribution in [2.45, 2.75) is 12.0 Å². The van der Waals surface area contributed by atoms with Crippen LogP contribution >= 0.6 is 0 Å². The van der Waals surface area contributed by atoms with Crippen molar-refractivity contribution in [2.24, 2.45) is 0 Å². The Morgan fingerprint density at radius 1 is 0.474 bits per heavy atom. The molecular formula is C53H35N3O. The molecule has 0 bridgehead atoms. The summed E-state index contributed by atoms with van der Waals surface area (Å²) in [6, 6.07) is 61.2. The number of aromatic nitrogens is 2. The summed E-state index contributed by atoms with van der Waals surface area (Å²) < 4.78 is 8.82. The van der Waals surface area contributed by atoms with E-state index in [0.717, 1.165) is 55.7 Å². The molecule has 1 aliphatic carbocycles. The largest absolute Gasteiger partial charge is 0.456 e. The van der Waals surface area contributed by atoms with Crippen LogP contribution in [0.5, 0.6) is 0 Å². The highest BCUT2D eigenvalue weighted by Gasteiger charge is 2.38. The molecule has 0 radical (unpaired) electrons. The molecule has 4 heterocycles. The topological polar surface area (TPSA) is 34.2 Å². The van der Waals surface area contributed by atoms with E-state index in [9.17, 15) is 0 Å². The van der Waals surface area contributed by atoms with E-state index in [2.05, 4.69) is 198 Å². The lowest BCUT2D eigenvalue weighted by atomic mass is 9.89. The first-order valence-corrected chi connectivity index (χ1v) is 19.6. The van der Waals surface area contributed by atoms with E-state index in [1.807, 2.05) is 12.3 Å². The minimum atomic E-state index is 0.143. The Labute approximate surface area is 329 Å². The van der Waals surface area contributed by atoms with Gasteiger partial charge >= 0.3 is 0 Å². The maximum Gasteiger partial charge on any atom is 0.135 e. The standard InChI is InChI=1S/C53H35N3O/c1-2-13-34(14-3-1)38-19-12-30-54-53(38)42-18-7-11-23-49(42)56-48-22-10-6-17-41(48)43-31-35(24-27-50(43)56)36-25-28-51-44(32-36)45-33-37(26-29-52(45)57-51)55-46-20-8-4-15-39(46)40-16-5-9-21-47(40)55/h1-33,41,48H. The minimum Gasteiger partial charge on any atom is -0.456 e. The van der Waals surface area contributed by atoms with Crippen molar-refractivity contribution in [3.63, 3.8) is 0 Å². The summed E-state index contributed by atoms with van der Waals surface area (Å²) in [5.41, 5.74) is 15.7. The first kappa shape index (κ1) is 31.9. The summed E-state index contributed by atoms with van der Waals surface area (Å²) in [5.74, 6) is 0.211. The number of nitrogens with zero attached hydrogens (tertiary/aromatic N) is 3. The molecule has 2 atom stereocenters. The zero-order valence-electron chi connectivity index (χ0n) is 31.0. The number of hydrogen-bond acceptors (Lipinski definition) is 3. The Kier molecular flexibility index (Phi) is 7.02. The van der Waals surface area contributed by atoms with E-state index < -0.39 is 0 Å². The van der Waals surface area contributed by atoms with Crippen LogP contribution in [0, 0.1) is 0 Å². The van der Waals surface area contributed by atoms with Gasteiger partial charge in [-0.25, -0.2) is 0 Å². The number of para-hydroxylation sites is 3. The van der Waals surface area contributed by atoms with Gasteiger partial charge in [-0.05, 0) is 89.0 Å².